The van der Waals surface area contributed by atoms with Gasteiger partial charge < -0.3 is 20.1 Å². The average Bonchev–Trinajstić information content (AvgIpc) is 2.53. The van der Waals surface area contributed by atoms with Crippen molar-refractivity contribution < 1.29 is 19.2 Å². The summed E-state index contributed by atoms with van der Waals surface area (Å²) in [5.41, 5.74) is -0.403. The number of fused-ring (bicyclic) bond motifs is 1. The van der Waals surface area contributed by atoms with Crippen molar-refractivity contribution in [2.45, 2.75) is 57.3 Å². The molecule has 0 bridgehead atoms. The summed E-state index contributed by atoms with van der Waals surface area (Å²) >= 11 is 0. The van der Waals surface area contributed by atoms with Gasteiger partial charge in [0.05, 0.1) is 11.0 Å². The van der Waals surface area contributed by atoms with Crippen molar-refractivity contribution in [1.29, 1.82) is 0 Å². The molecule has 0 aliphatic carbocycles. The summed E-state index contributed by atoms with van der Waals surface area (Å²) in [7, 11) is 0. The SMILES string of the molecule is CC(C)(C)OC(=O)NC1CC2(CCNCC2)Oc2ccc([N+](=O)[O-])cc21. The molecule has 0 saturated carbocycles. The van der Waals surface area contributed by atoms with Crippen molar-refractivity contribution in [1.82, 2.24) is 10.6 Å². The van der Waals surface area contributed by atoms with E-state index in [1.54, 1.807) is 26.8 Å². The topological polar surface area (TPSA) is 103 Å². The Morgan fingerprint density at radius 3 is 2.69 bits per heavy atom. The van der Waals surface area contributed by atoms with E-state index in [9.17, 15) is 14.9 Å². The highest BCUT2D eigenvalue weighted by atomic mass is 16.6. The van der Waals surface area contributed by atoms with Crippen molar-refractivity contribution >= 4 is 11.8 Å². The molecule has 8 heteroatoms. The predicted octanol–water partition coefficient (Wildman–Crippen LogP) is 3.07. The monoisotopic (exact) mass is 363 g/mol. The van der Waals surface area contributed by atoms with Gasteiger partial charge in [0, 0.05) is 24.1 Å². The molecule has 1 aromatic carbocycles. The second-order valence-electron chi connectivity index (χ2n) is 7.92. The van der Waals surface area contributed by atoms with Gasteiger partial charge in [0.2, 0.25) is 0 Å². The number of piperidine rings is 1. The number of amides is 1. The number of nitrogens with one attached hydrogen (secondary N) is 2. The van der Waals surface area contributed by atoms with Crippen LogP contribution in [-0.2, 0) is 4.74 Å². The molecule has 0 radical (unpaired) electrons. The van der Waals surface area contributed by atoms with E-state index in [0.29, 0.717) is 17.7 Å². The first kappa shape index (κ1) is 18.4. The number of hydrogen-bond acceptors (Lipinski definition) is 6. The number of carbonyl (C=O) groups excluding carboxylic acids is 1. The molecular weight excluding hydrogens is 338 g/mol. The standard InChI is InChI=1S/C18H25N3O5/c1-17(2,3)26-16(22)20-14-11-18(6-8-19-9-7-18)25-15-5-4-12(21(23)24)10-13(14)15/h4-5,10,14,19H,6-9,11H2,1-3H3,(H,20,22). The molecule has 1 fully saturated rings. The highest BCUT2D eigenvalue weighted by Gasteiger charge is 2.43. The van der Waals surface area contributed by atoms with E-state index in [0.717, 1.165) is 25.9 Å². The summed E-state index contributed by atoms with van der Waals surface area (Å²) in [6, 6.07) is 4.14. The molecule has 2 aliphatic heterocycles. The van der Waals surface area contributed by atoms with Crippen LogP contribution in [0.2, 0.25) is 0 Å². The third-order valence-corrected chi connectivity index (χ3v) is 4.69. The van der Waals surface area contributed by atoms with Crippen LogP contribution in [0.3, 0.4) is 0 Å². The lowest BCUT2D eigenvalue weighted by atomic mass is 9.81. The van der Waals surface area contributed by atoms with Crippen LogP contribution in [0.25, 0.3) is 0 Å². The molecule has 8 nitrogen and oxygen atoms in total. The Morgan fingerprint density at radius 2 is 2.08 bits per heavy atom. The van der Waals surface area contributed by atoms with Crippen molar-refractivity contribution in [3.63, 3.8) is 0 Å². The third-order valence-electron chi connectivity index (χ3n) is 4.69. The van der Waals surface area contributed by atoms with Gasteiger partial charge in [-0.15, -0.1) is 0 Å². The number of ether oxygens (including phenoxy) is 2. The fraction of sp³-hybridized carbons (Fsp3) is 0.611. The number of nitro benzene ring substituents is 1. The van der Waals surface area contributed by atoms with Gasteiger partial charge in [-0.2, -0.15) is 0 Å². The van der Waals surface area contributed by atoms with Crippen LogP contribution in [0.1, 0.15) is 51.6 Å². The largest absolute Gasteiger partial charge is 0.487 e. The molecule has 142 valence electrons. The Morgan fingerprint density at radius 1 is 1.38 bits per heavy atom. The average molecular weight is 363 g/mol. The predicted molar refractivity (Wildman–Crippen MR) is 95.3 cm³/mol. The van der Waals surface area contributed by atoms with Crippen LogP contribution < -0.4 is 15.4 Å². The van der Waals surface area contributed by atoms with Gasteiger partial charge in [-0.05, 0) is 52.8 Å². The molecule has 1 saturated heterocycles. The summed E-state index contributed by atoms with van der Waals surface area (Å²) in [6.45, 7) is 7.06. The van der Waals surface area contributed by atoms with E-state index in [4.69, 9.17) is 9.47 Å². The maximum absolute atomic E-state index is 12.3. The van der Waals surface area contributed by atoms with Gasteiger partial charge in [-0.1, -0.05) is 0 Å². The van der Waals surface area contributed by atoms with Crippen molar-refractivity contribution in [2.75, 3.05) is 13.1 Å². The fourth-order valence-corrected chi connectivity index (χ4v) is 3.54. The van der Waals surface area contributed by atoms with Crippen LogP contribution in [0.15, 0.2) is 18.2 Å². The van der Waals surface area contributed by atoms with Gasteiger partial charge in [0.1, 0.15) is 17.0 Å². The zero-order valence-electron chi connectivity index (χ0n) is 15.3. The minimum Gasteiger partial charge on any atom is -0.487 e. The molecule has 1 aromatic rings. The Bertz CT molecular complexity index is 707. The maximum Gasteiger partial charge on any atom is 0.408 e. The van der Waals surface area contributed by atoms with E-state index in [-0.39, 0.29) is 11.3 Å². The summed E-state index contributed by atoms with van der Waals surface area (Å²) in [6.07, 6.45) is 1.65. The number of nitro groups is 1. The number of hydrogen-bond donors (Lipinski definition) is 2. The van der Waals surface area contributed by atoms with Gasteiger partial charge in [-0.25, -0.2) is 4.79 Å². The minimum absolute atomic E-state index is 0.0235. The summed E-state index contributed by atoms with van der Waals surface area (Å²) in [5.74, 6) is 0.588. The van der Waals surface area contributed by atoms with Gasteiger partial charge >= 0.3 is 6.09 Å². The Labute approximate surface area is 152 Å². The number of nitrogens with zero attached hydrogens (tertiary/aromatic N) is 1. The summed E-state index contributed by atoms with van der Waals surface area (Å²) < 4.78 is 11.6. The molecule has 1 unspecified atom stereocenters. The fourth-order valence-electron chi connectivity index (χ4n) is 3.54. The molecular formula is C18H25N3O5. The number of benzene rings is 1. The maximum atomic E-state index is 12.3. The van der Waals surface area contributed by atoms with Crippen LogP contribution >= 0.6 is 0 Å². The lowest BCUT2D eigenvalue weighted by molar-refractivity contribution is -0.385. The van der Waals surface area contributed by atoms with E-state index in [1.807, 2.05) is 0 Å². The smallest absolute Gasteiger partial charge is 0.408 e. The molecule has 26 heavy (non-hydrogen) atoms. The Hall–Kier alpha value is -2.35. The van der Waals surface area contributed by atoms with E-state index < -0.39 is 22.7 Å². The molecule has 1 amide bonds. The quantitative estimate of drug-likeness (QED) is 0.618. The highest BCUT2D eigenvalue weighted by molar-refractivity contribution is 5.69. The number of carbonyl (C=O) groups is 1. The molecule has 1 atom stereocenters. The van der Waals surface area contributed by atoms with Crippen LogP contribution in [0.5, 0.6) is 5.75 Å². The van der Waals surface area contributed by atoms with Gasteiger partial charge in [0.25, 0.3) is 5.69 Å². The van der Waals surface area contributed by atoms with Crippen molar-refractivity contribution in [3.05, 3.63) is 33.9 Å². The van der Waals surface area contributed by atoms with Crippen LogP contribution in [-0.4, -0.2) is 35.3 Å². The lowest BCUT2D eigenvalue weighted by Crippen LogP contribution is -2.51. The zero-order chi connectivity index (χ0) is 18.9. The number of rotatable bonds is 2. The van der Waals surface area contributed by atoms with E-state index in [1.165, 1.54) is 12.1 Å². The number of alkyl carbamates (subject to hydrolysis) is 1. The summed E-state index contributed by atoms with van der Waals surface area (Å²) in [5, 5.41) is 17.3. The Balaban J connectivity index is 1.91. The Kier molecular flexibility index (Phi) is 4.79. The van der Waals surface area contributed by atoms with Crippen molar-refractivity contribution in [2.24, 2.45) is 0 Å². The van der Waals surface area contributed by atoms with E-state index in [2.05, 4.69) is 10.6 Å². The summed E-state index contributed by atoms with van der Waals surface area (Å²) in [4.78, 5) is 23.0. The van der Waals surface area contributed by atoms with Crippen LogP contribution in [0.4, 0.5) is 10.5 Å². The van der Waals surface area contributed by atoms with Crippen molar-refractivity contribution in [3.8, 4) is 5.75 Å². The molecule has 3 rings (SSSR count). The third kappa shape index (κ3) is 4.07. The molecule has 2 heterocycles. The normalized spacial score (nSPS) is 21.4. The van der Waals surface area contributed by atoms with Gasteiger partial charge in [0.15, 0.2) is 0 Å². The molecule has 2 N–H and O–H groups in total. The minimum atomic E-state index is -0.618. The first-order valence-electron chi connectivity index (χ1n) is 8.85. The van der Waals surface area contributed by atoms with E-state index >= 15 is 0 Å². The molecule has 1 spiro atoms. The lowest BCUT2D eigenvalue weighted by Gasteiger charge is -2.44. The van der Waals surface area contributed by atoms with Crippen LogP contribution in [0, 0.1) is 10.1 Å². The number of non-ortho nitro benzene ring substituents is 1. The zero-order valence-corrected chi connectivity index (χ0v) is 15.3. The first-order valence-corrected chi connectivity index (χ1v) is 8.85. The second kappa shape index (κ2) is 6.75. The highest BCUT2D eigenvalue weighted by Crippen LogP contribution is 2.44. The molecule has 2 aliphatic rings. The molecule has 0 aromatic heterocycles. The first-order chi connectivity index (χ1) is 12.2. The second-order valence-corrected chi connectivity index (χ2v) is 7.92. The van der Waals surface area contributed by atoms with Gasteiger partial charge in [-0.3, -0.25) is 10.1 Å².